The maximum Gasteiger partial charge on any atom is 0.407 e. The van der Waals surface area contributed by atoms with Crippen LogP contribution in [0.15, 0.2) is 30.3 Å². The summed E-state index contributed by atoms with van der Waals surface area (Å²) in [6, 6.07) is 7.80. The molecule has 0 saturated heterocycles. The van der Waals surface area contributed by atoms with Crippen LogP contribution in [0.3, 0.4) is 0 Å². The lowest BCUT2D eigenvalue weighted by atomic mass is 9.86. The Labute approximate surface area is 226 Å². The van der Waals surface area contributed by atoms with Crippen molar-refractivity contribution in [2.45, 2.75) is 72.5 Å². The molecule has 1 aromatic rings. The molecular formula is C27H45N5O6. The van der Waals surface area contributed by atoms with Gasteiger partial charge in [-0.25, -0.2) is 14.6 Å². The summed E-state index contributed by atoms with van der Waals surface area (Å²) in [4.78, 5) is 49.9. The monoisotopic (exact) mass is 535 g/mol. The van der Waals surface area contributed by atoms with Crippen LogP contribution in [0.1, 0.15) is 53.5 Å². The topological polar surface area (TPSA) is 138 Å². The van der Waals surface area contributed by atoms with E-state index in [0.29, 0.717) is 19.4 Å². The first-order valence-corrected chi connectivity index (χ1v) is 12.6. The van der Waals surface area contributed by atoms with Gasteiger partial charge >= 0.3 is 12.2 Å². The van der Waals surface area contributed by atoms with E-state index in [2.05, 4.69) is 26.1 Å². The van der Waals surface area contributed by atoms with Gasteiger partial charge in [0, 0.05) is 19.6 Å². The average molecular weight is 536 g/mol. The molecule has 4 N–H and O–H groups in total. The maximum absolute atomic E-state index is 13.3. The van der Waals surface area contributed by atoms with Crippen molar-refractivity contribution in [3.63, 3.8) is 0 Å². The fourth-order valence-electron chi connectivity index (χ4n) is 3.77. The zero-order valence-corrected chi connectivity index (χ0v) is 24.1. The van der Waals surface area contributed by atoms with Crippen molar-refractivity contribution in [1.29, 1.82) is 0 Å². The molecule has 0 heterocycles. The molecule has 214 valence electrons. The molecule has 4 amide bonds. The largest absolute Gasteiger partial charge is 0.453 e. The lowest BCUT2D eigenvalue weighted by Crippen LogP contribution is -2.57. The van der Waals surface area contributed by atoms with Gasteiger partial charge in [-0.05, 0) is 29.2 Å². The van der Waals surface area contributed by atoms with Gasteiger partial charge in [-0.2, -0.15) is 0 Å². The molecule has 0 fully saturated rings. The molecular weight excluding hydrogens is 490 g/mol. The standard InChI is InChI=1S/C27H45N5O6/c1-26(2,3)20(29-24(35)37-8)22(33)28-19(17-18-13-11-10-12-14-18)15-16-32(7)31-23(34)21(27(4,5)6)30-25(36)38-9/h10-14,19-21H,15-17H2,1-9H3,(H,28,33)(H,29,35)(H,30,36)(H,31,34)/t19?,20-,21-/m1/s1. The van der Waals surface area contributed by atoms with Crippen LogP contribution in [-0.2, 0) is 25.5 Å². The predicted molar refractivity (Wildman–Crippen MR) is 145 cm³/mol. The fourth-order valence-corrected chi connectivity index (χ4v) is 3.77. The SMILES string of the molecule is COC(=O)N[C@H](C(=O)NC(CCN(C)NC(=O)[C@@H](NC(=O)OC)C(C)(C)C)Cc1ccccc1)C(C)(C)C. The molecule has 1 rings (SSSR count). The van der Waals surface area contributed by atoms with Crippen LogP contribution in [0.2, 0.25) is 0 Å². The number of rotatable bonds is 11. The molecule has 0 radical (unpaired) electrons. The van der Waals surface area contributed by atoms with Crippen LogP contribution >= 0.6 is 0 Å². The molecule has 0 aliphatic rings. The summed E-state index contributed by atoms with van der Waals surface area (Å²) in [6.45, 7) is 11.5. The first kappa shape index (κ1) is 32.7. The number of hydrazine groups is 1. The third-order valence-electron chi connectivity index (χ3n) is 5.94. The van der Waals surface area contributed by atoms with E-state index >= 15 is 0 Å². The van der Waals surface area contributed by atoms with Gasteiger partial charge in [0.2, 0.25) is 5.91 Å². The minimum absolute atomic E-state index is 0.292. The van der Waals surface area contributed by atoms with E-state index in [0.717, 1.165) is 5.56 Å². The second-order valence-electron chi connectivity index (χ2n) is 11.5. The number of carbonyl (C=O) groups is 4. The van der Waals surface area contributed by atoms with E-state index in [1.807, 2.05) is 71.9 Å². The van der Waals surface area contributed by atoms with Crippen molar-refractivity contribution >= 4 is 24.0 Å². The van der Waals surface area contributed by atoms with Crippen LogP contribution in [0.4, 0.5) is 9.59 Å². The van der Waals surface area contributed by atoms with Gasteiger partial charge in [0.25, 0.3) is 5.91 Å². The van der Waals surface area contributed by atoms with E-state index in [4.69, 9.17) is 4.74 Å². The highest BCUT2D eigenvalue weighted by Gasteiger charge is 2.35. The van der Waals surface area contributed by atoms with Gasteiger partial charge < -0.3 is 25.4 Å². The number of carbonyl (C=O) groups excluding carboxylic acids is 4. The first-order chi connectivity index (χ1) is 17.6. The molecule has 1 aromatic carbocycles. The van der Waals surface area contributed by atoms with Gasteiger partial charge in [0.05, 0.1) is 14.2 Å². The second kappa shape index (κ2) is 14.6. The normalized spacial score (nSPS) is 14.1. The molecule has 11 heteroatoms. The lowest BCUT2D eigenvalue weighted by molar-refractivity contribution is -0.130. The third-order valence-corrected chi connectivity index (χ3v) is 5.94. The summed E-state index contributed by atoms with van der Waals surface area (Å²) >= 11 is 0. The molecule has 0 aliphatic heterocycles. The molecule has 1 unspecified atom stereocenters. The highest BCUT2D eigenvalue weighted by atomic mass is 16.5. The Bertz CT molecular complexity index is 926. The Morgan fingerprint density at radius 1 is 0.789 bits per heavy atom. The van der Waals surface area contributed by atoms with Crippen molar-refractivity contribution in [1.82, 2.24) is 26.4 Å². The van der Waals surface area contributed by atoms with Crippen LogP contribution in [0.25, 0.3) is 0 Å². The van der Waals surface area contributed by atoms with Crippen molar-refractivity contribution in [2.24, 2.45) is 10.8 Å². The number of nitrogens with zero attached hydrogens (tertiary/aromatic N) is 1. The Balaban J connectivity index is 2.97. The van der Waals surface area contributed by atoms with E-state index in [1.54, 1.807) is 12.1 Å². The third kappa shape index (κ3) is 11.4. The van der Waals surface area contributed by atoms with E-state index < -0.39 is 35.1 Å². The summed E-state index contributed by atoms with van der Waals surface area (Å²) in [7, 11) is 4.21. The molecule has 0 bridgehead atoms. The maximum atomic E-state index is 13.3. The van der Waals surface area contributed by atoms with Crippen LogP contribution in [-0.4, -0.2) is 74.9 Å². The Kier molecular flexibility index (Phi) is 12.5. The molecule has 0 spiro atoms. The van der Waals surface area contributed by atoms with Crippen molar-refractivity contribution < 1.29 is 28.7 Å². The molecule has 38 heavy (non-hydrogen) atoms. The first-order valence-electron chi connectivity index (χ1n) is 12.6. The van der Waals surface area contributed by atoms with Gasteiger partial charge in [-0.15, -0.1) is 0 Å². The number of alkyl carbamates (subject to hydrolysis) is 2. The van der Waals surface area contributed by atoms with Crippen LogP contribution in [0.5, 0.6) is 0 Å². The highest BCUT2D eigenvalue weighted by Crippen LogP contribution is 2.21. The number of amides is 4. The van der Waals surface area contributed by atoms with E-state index in [1.165, 1.54) is 14.2 Å². The summed E-state index contributed by atoms with van der Waals surface area (Å²) in [5, 5.41) is 9.90. The molecule has 0 aromatic heterocycles. The number of hydrogen-bond donors (Lipinski definition) is 4. The second-order valence-corrected chi connectivity index (χ2v) is 11.5. The van der Waals surface area contributed by atoms with Crippen molar-refractivity contribution in [3.05, 3.63) is 35.9 Å². The summed E-state index contributed by atoms with van der Waals surface area (Å²) < 4.78 is 9.37. The molecule has 0 aliphatic carbocycles. The number of benzene rings is 1. The Morgan fingerprint density at radius 3 is 1.71 bits per heavy atom. The summed E-state index contributed by atoms with van der Waals surface area (Å²) in [6.07, 6.45) is -0.326. The Morgan fingerprint density at radius 2 is 1.26 bits per heavy atom. The van der Waals surface area contributed by atoms with Gasteiger partial charge in [-0.3, -0.25) is 15.0 Å². The highest BCUT2D eigenvalue weighted by molar-refractivity contribution is 5.87. The zero-order valence-electron chi connectivity index (χ0n) is 24.1. The van der Waals surface area contributed by atoms with E-state index in [-0.39, 0.29) is 17.9 Å². The zero-order chi connectivity index (χ0) is 29.1. The van der Waals surface area contributed by atoms with Crippen LogP contribution in [0, 0.1) is 10.8 Å². The molecule has 11 nitrogen and oxygen atoms in total. The minimum atomic E-state index is -0.825. The van der Waals surface area contributed by atoms with Crippen LogP contribution < -0.4 is 21.4 Å². The Hall–Kier alpha value is -3.34. The lowest BCUT2D eigenvalue weighted by Gasteiger charge is -2.33. The summed E-state index contributed by atoms with van der Waals surface area (Å²) in [5.41, 5.74) is 2.72. The van der Waals surface area contributed by atoms with Gasteiger partial charge in [0.1, 0.15) is 12.1 Å². The van der Waals surface area contributed by atoms with Gasteiger partial charge in [-0.1, -0.05) is 71.9 Å². The predicted octanol–water partition coefficient (Wildman–Crippen LogP) is 2.61. The van der Waals surface area contributed by atoms with Gasteiger partial charge in [0.15, 0.2) is 0 Å². The number of nitrogens with one attached hydrogen (secondary N) is 4. The average Bonchev–Trinajstić information content (AvgIpc) is 2.82. The van der Waals surface area contributed by atoms with Crippen molar-refractivity contribution in [3.8, 4) is 0 Å². The smallest absolute Gasteiger partial charge is 0.407 e. The quantitative estimate of drug-likeness (QED) is 0.320. The minimum Gasteiger partial charge on any atom is -0.453 e. The number of methoxy groups -OCH3 is 2. The van der Waals surface area contributed by atoms with E-state index in [9.17, 15) is 19.2 Å². The molecule has 0 saturated carbocycles. The summed E-state index contributed by atoms with van der Waals surface area (Å²) in [5.74, 6) is -0.713. The number of hydrogen-bond acceptors (Lipinski definition) is 7. The van der Waals surface area contributed by atoms with Crippen molar-refractivity contribution in [2.75, 3.05) is 27.8 Å². The molecule has 3 atom stereocenters. The fraction of sp³-hybridized carbons (Fsp3) is 0.630. The number of ether oxygens (including phenoxy) is 2.